The molecule has 0 aliphatic carbocycles. The molecule has 39 heavy (non-hydrogen) atoms. The van der Waals surface area contributed by atoms with E-state index in [0.717, 1.165) is 11.8 Å². The zero-order valence-corrected chi connectivity index (χ0v) is 23.7. The highest BCUT2D eigenvalue weighted by molar-refractivity contribution is 6.32. The highest BCUT2D eigenvalue weighted by Crippen LogP contribution is 2.39. The molecule has 1 saturated heterocycles. The number of pyridine rings is 1. The number of nitrogens with zero attached hydrogens (tertiary/aromatic N) is 3. The number of β-amino-alcohol motifs (C(OH)–C–C–N with tert-alkyl or cyclic N) is 1. The number of hydrazine groups is 1. The molecule has 1 aliphatic heterocycles. The number of aldehydes is 1. The second-order valence-corrected chi connectivity index (χ2v) is 10.8. The fourth-order valence-electron chi connectivity index (χ4n) is 4.70. The Morgan fingerprint density at radius 1 is 1.23 bits per heavy atom. The maximum absolute atomic E-state index is 11.5. The summed E-state index contributed by atoms with van der Waals surface area (Å²) >= 11 is 13.1. The van der Waals surface area contributed by atoms with Gasteiger partial charge in [-0.1, -0.05) is 41.4 Å². The molecule has 3 aromatic rings. The first-order valence-corrected chi connectivity index (χ1v) is 13.4. The monoisotopic (exact) mass is 569 g/mol. The van der Waals surface area contributed by atoms with Gasteiger partial charge in [0.1, 0.15) is 23.8 Å². The smallest absolute Gasteiger partial charge is 0.151 e. The minimum Gasteiger partial charge on any atom is -0.487 e. The number of halogens is 2. The Morgan fingerprint density at radius 2 is 2.00 bits per heavy atom. The first-order valence-electron chi connectivity index (χ1n) is 12.6. The number of aromatic nitrogens is 1. The Bertz CT molecular complexity index is 1360. The van der Waals surface area contributed by atoms with Crippen molar-refractivity contribution in [1.29, 1.82) is 0 Å². The highest BCUT2D eigenvalue weighted by Gasteiger charge is 2.39. The Balaban J connectivity index is 1.54. The van der Waals surface area contributed by atoms with E-state index in [4.69, 9.17) is 39.5 Å². The van der Waals surface area contributed by atoms with Crippen LogP contribution in [0.4, 0.5) is 5.82 Å². The van der Waals surface area contributed by atoms with Gasteiger partial charge in [-0.05, 0) is 63.1 Å². The molecule has 2 aromatic carbocycles. The fraction of sp³-hybridized carbons (Fsp3) is 0.310. The lowest BCUT2D eigenvalue weighted by atomic mass is 9.93. The average Bonchev–Trinajstić information content (AvgIpc) is 3.31. The van der Waals surface area contributed by atoms with Crippen LogP contribution in [0, 0.1) is 6.92 Å². The number of benzene rings is 2. The second-order valence-electron chi connectivity index (χ2n) is 9.99. The molecule has 206 valence electrons. The van der Waals surface area contributed by atoms with E-state index >= 15 is 0 Å². The van der Waals surface area contributed by atoms with Crippen LogP contribution in [0.15, 0.2) is 60.4 Å². The van der Waals surface area contributed by atoms with Gasteiger partial charge in [-0.2, -0.15) is 0 Å². The first-order chi connectivity index (χ1) is 18.5. The maximum atomic E-state index is 11.5. The van der Waals surface area contributed by atoms with Crippen molar-refractivity contribution in [3.05, 3.63) is 92.7 Å². The summed E-state index contributed by atoms with van der Waals surface area (Å²) in [5.41, 5.74) is 9.18. The van der Waals surface area contributed by atoms with Gasteiger partial charge in [0.05, 0.1) is 28.0 Å². The first kappa shape index (κ1) is 28.7. The molecule has 0 radical (unpaired) electrons. The standard InChI is InChI=1S/C29H33Cl2N5O3/c1-18(2)36(33)25(28(32)27-19(3)5-4-6-23(27)30)16-39-21-8-9-22(24(31)13-21)29(38)11-12-35(17-29)26-10-7-20(15-37)14-34-26/h4-10,13-15,18,38H,11-12,16-17,32-33H2,1-3H3/b28-25-. The van der Waals surface area contributed by atoms with Crippen LogP contribution in [0.25, 0.3) is 5.70 Å². The van der Waals surface area contributed by atoms with E-state index in [1.54, 1.807) is 41.4 Å². The van der Waals surface area contributed by atoms with Gasteiger partial charge in [-0.15, -0.1) is 0 Å². The quantitative estimate of drug-likeness (QED) is 0.189. The molecule has 4 rings (SSSR count). The van der Waals surface area contributed by atoms with Gasteiger partial charge in [0.2, 0.25) is 0 Å². The van der Waals surface area contributed by atoms with E-state index < -0.39 is 5.60 Å². The van der Waals surface area contributed by atoms with Crippen LogP contribution in [0.2, 0.25) is 10.0 Å². The maximum Gasteiger partial charge on any atom is 0.151 e. The van der Waals surface area contributed by atoms with Gasteiger partial charge in [-0.3, -0.25) is 4.79 Å². The number of rotatable bonds is 9. The number of anilines is 1. The average molecular weight is 571 g/mol. The summed E-state index contributed by atoms with van der Waals surface area (Å²) in [7, 11) is 0. The predicted molar refractivity (Wildman–Crippen MR) is 156 cm³/mol. The van der Waals surface area contributed by atoms with E-state index in [1.807, 2.05) is 37.8 Å². The second kappa shape index (κ2) is 11.8. The number of nitrogens with two attached hydrogens (primary N) is 2. The van der Waals surface area contributed by atoms with Crippen LogP contribution in [-0.4, -0.2) is 47.1 Å². The summed E-state index contributed by atoms with van der Waals surface area (Å²) in [4.78, 5) is 17.2. The molecule has 1 atom stereocenters. The van der Waals surface area contributed by atoms with Gasteiger partial charge in [0, 0.05) is 35.5 Å². The molecule has 0 amide bonds. The summed E-state index contributed by atoms with van der Waals surface area (Å²) in [6, 6.07) is 14.2. The molecule has 10 heteroatoms. The van der Waals surface area contributed by atoms with Crippen LogP contribution in [0.3, 0.4) is 0 Å². The van der Waals surface area contributed by atoms with E-state index in [2.05, 4.69) is 4.98 Å². The Labute approximate surface area is 238 Å². The molecular formula is C29H33Cl2N5O3. The van der Waals surface area contributed by atoms with Crippen molar-refractivity contribution >= 4 is 41.0 Å². The normalized spacial score (nSPS) is 17.8. The number of aryl methyl sites for hydroxylation is 1. The number of carbonyl (C=O) groups excluding carboxylic acids is 1. The van der Waals surface area contributed by atoms with Crippen LogP contribution < -0.4 is 21.2 Å². The predicted octanol–water partition coefficient (Wildman–Crippen LogP) is 4.90. The van der Waals surface area contributed by atoms with Crippen molar-refractivity contribution in [3.8, 4) is 5.75 Å². The van der Waals surface area contributed by atoms with Gasteiger partial charge in [0.15, 0.2) is 6.29 Å². The van der Waals surface area contributed by atoms with Crippen molar-refractivity contribution in [3.63, 3.8) is 0 Å². The van der Waals surface area contributed by atoms with Crippen LogP contribution in [0.5, 0.6) is 5.75 Å². The lowest BCUT2D eigenvalue weighted by Gasteiger charge is -2.29. The van der Waals surface area contributed by atoms with Gasteiger partial charge < -0.3 is 25.5 Å². The van der Waals surface area contributed by atoms with Crippen molar-refractivity contribution in [1.82, 2.24) is 9.99 Å². The van der Waals surface area contributed by atoms with Gasteiger partial charge in [-0.25, -0.2) is 10.8 Å². The SMILES string of the molecule is Cc1cccc(Cl)c1/C(N)=C(\COc1ccc(C2(O)CCN(c3ccc(C=O)cn3)C2)c(Cl)c1)N(N)C(C)C. The lowest BCUT2D eigenvalue weighted by molar-refractivity contribution is 0.0607. The highest BCUT2D eigenvalue weighted by atomic mass is 35.5. The summed E-state index contributed by atoms with van der Waals surface area (Å²) < 4.78 is 6.09. The van der Waals surface area contributed by atoms with Crippen molar-refractivity contribution < 1.29 is 14.6 Å². The lowest BCUT2D eigenvalue weighted by Crippen LogP contribution is -2.40. The molecule has 1 fully saturated rings. The van der Waals surface area contributed by atoms with E-state index in [-0.39, 0.29) is 12.6 Å². The topological polar surface area (TPSA) is 118 Å². The number of ether oxygens (including phenoxy) is 1. The van der Waals surface area contributed by atoms with Crippen molar-refractivity contribution in [2.45, 2.75) is 38.8 Å². The Hall–Kier alpha value is -3.30. The molecule has 0 spiro atoms. The largest absolute Gasteiger partial charge is 0.487 e. The third kappa shape index (κ3) is 6.15. The molecular weight excluding hydrogens is 537 g/mol. The van der Waals surface area contributed by atoms with Crippen molar-refractivity contribution in [2.75, 3.05) is 24.6 Å². The molecule has 1 unspecified atom stereocenters. The number of hydrogen-bond acceptors (Lipinski definition) is 8. The summed E-state index contributed by atoms with van der Waals surface area (Å²) in [6.45, 7) is 6.84. The fourth-order valence-corrected chi connectivity index (χ4v) is 5.37. The third-order valence-electron chi connectivity index (χ3n) is 6.97. The van der Waals surface area contributed by atoms with Crippen LogP contribution in [0.1, 0.15) is 47.3 Å². The summed E-state index contributed by atoms with van der Waals surface area (Å²) in [5, 5.41) is 13.9. The molecule has 5 N–H and O–H groups in total. The van der Waals surface area contributed by atoms with E-state index in [9.17, 15) is 9.90 Å². The zero-order chi connectivity index (χ0) is 28.3. The number of aliphatic hydroxyl groups is 1. The molecule has 8 nitrogen and oxygen atoms in total. The number of carbonyl (C=O) groups is 1. The van der Waals surface area contributed by atoms with Gasteiger partial charge >= 0.3 is 0 Å². The van der Waals surface area contributed by atoms with Gasteiger partial charge in [0.25, 0.3) is 0 Å². The molecule has 0 saturated carbocycles. The zero-order valence-electron chi connectivity index (χ0n) is 22.2. The Kier molecular flexibility index (Phi) is 8.71. The molecule has 1 aromatic heterocycles. The van der Waals surface area contributed by atoms with Crippen molar-refractivity contribution in [2.24, 2.45) is 11.6 Å². The van der Waals surface area contributed by atoms with Crippen LogP contribution >= 0.6 is 23.2 Å². The summed E-state index contributed by atoms with van der Waals surface area (Å²) in [5.74, 6) is 7.58. The van der Waals surface area contributed by atoms with Crippen LogP contribution in [-0.2, 0) is 5.60 Å². The van der Waals surface area contributed by atoms with E-state index in [1.165, 1.54) is 6.20 Å². The number of hydrogen-bond donors (Lipinski definition) is 3. The molecule has 2 heterocycles. The Morgan fingerprint density at radius 3 is 2.62 bits per heavy atom. The summed E-state index contributed by atoms with van der Waals surface area (Å²) in [6.07, 6.45) is 2.74. The molecule has 0 bridgehead atoms. The minimum atomic E-state index is -1.16. The van der Waals surface area contributed by atoms with E-state index in [0.29, 0.717) is 69.2 Å². The third-order valence-corrected chi connectivity index (χ3v) is 7.59. The molecule has 1 aliphatic rings. The minimum absolute atomic E-state index is 0.0420.